The van der Waals surface area contributed by atoms with Crippen molar-refractivity contribution in [2.45, 2.75) is 59.3 Å². The van der Waals surface area contributed by atoms with E-state index in [1.165, 1.54) is 32.1 Å². The fourth-order valence-electron chi connectivity index (χ4n) is 2.95. The highest BCUT2D eigenvalue weighted by molar-refractivity contribution is 5.78. The van der Waals surface area contributed by atoms with Crippen molar-refractivity contribution < 1.29 is 4.79 Å². The number of amides is 1. The molecule has 0 saturated heterocycles. The summed E-state index contributed by atoms with van der Waals surface area (Å²) in [5.74, 6) is 1.97. The van der Waals surface area contributed by atoms with Crippen LogP contribution in [-0.4, -0.2) is 19.0 Å². The molecule has 0 spiro atoms. The molecular weight excluding hydrogens is 236 g/mol. The van der Waals surface area contributed by atoms with E-state index in [9.17, 15) is 4.79 Å². The average molecular weight is 268 g/mol. The molecule has 0 aliphatic heterocycles. The van der Waals surface area contributed by atoms with Gasteiger partial charge in [0.2, 0.25) is 5.91 Å². The zero-order valence-electron chi connectivity index (χ0n) is 13.0. The predicted molar refractivity (Wildman–Crippen MR) is 80.7 cm³/mol. The fraction of sp³-hybridized carbons (Fsp3) is 0.938. The minimum absolute atomic E-state index is 0.174. The van der Waals surface area contributed by atoms with Crippen molar-refractivity contribution in [2.24, 2.45) is 29.4 Å². The molecule has 1 saturated carbocycles. The van der Waals surface area contributed by atoms with Gasteiger partial charge in [-0.2, -0.15) is 0 Å². The van der Waals surface area contributed by atoms with E-state index in [1.54, 1.807) is 0 Å². The molecule has 112 valence electrons. The molecule has 0 aromatic rings. The van der Waals surface area contributed by atoms with Crippen molar-refractivity contribution >= 4 is 5.91 Å². The maximum Gasteiger partial charge on any atom is 0.223 e. The van der Waals surface area contributed by atoms with E-state index in [0.29, 0.717) is 24.9 Å². The van der Waals surface area contributed by atoms with E-state index in [1.807, 2.05) is 0 Å². The molecule has 3 heteroatoms. The monoisotopic (exact) mass is 268 g/mol. The Bertz CT molecular complexity index is 259. The number of hydrogen-bond donors (Lipinski definition) is 2. The molecule has 1 aliphatic carbocycles. The normalized spacial score (nSPS) is 20.3. The molecule has 0 aromatic carbocycles. The van der Waals surface area contributed by atoms with Crippen LogP contribution < -0.4 is 11.1 Å². The maximum absolute atomic E-state index is 12.3. The van der Waals surface area contributed by atoms with E-state index in [4.69, 9.17) is 5.73 Å². The summed E-state index contributed by atoms with van der Waals surface area (Å²) in [7, 11) is 0. The second-order valence-corrected chi connectivity index (χ2v) is 6.68. The van der Waals surface area contributed by atoms with Gasteiger partial charge in [0.15, 0.2) is 0 Å². The van der Waals surface area contributed by atoms with Crippen molar-refractivity contribution in [3.8, 4) is 0 Å². The van der Waals surface area contributed by atoms with Crippen LogP contribution in [0.5, 0.6) is 0 Å². The Morgan fingerprint density at radius 2 is 1.84 bits per heavy atom. The van der Waals surface area contributed by atoms with E-state index in [0.717, 1.165) is 12.3 Å². The highest BCUT2D eigenvalue weighted by atomic mass is 16.1. The first-order chi connectivity index (χ1) is 9.04. The van der Waals surface area contributed by atoms with Crippen LogP contribution in [-0.2, 0) is 4.79 Å². The number of nitrogens with one attached hydrogen (secondary N) is 1. The lowest BCUT2D eigenvalue weighted by Gasteiger charge is -2.28. The Kier molecular flexibility index (Phi) is 7.44. The lowest BCUT2D eigenvalue weighted by Crippen LogP contribution is -2.38. The highest BCUT2D eigenvalue weighted by Gasteiger charge is 2.26. The number of rotatable bonds is 7. The molecule has 2 atom stereocenters. The number of carbonyl (C=O) groups excluding carboxylic acids is 1. The summed E-state index contributed by atoms with van der Waals surface area (Å²) in [6.45, 7) is 7.75. The van der Waals surface area contributed by atoms with Gasteiger partial charge in [-0.25, -0.2) is 0 Å². The highest BCUT2D eigenvalue weighted by Crippen LogP contribution is 2.31. The lowest BCUT2D eigenvalue weighted by molar-refractivity contribution is -0.127. The Morgan fingerprint density at radius 1 is 1.21 bits per heavy atom. The maximum atomic E-state index is 12.3. The minimum atomic E-state index is 0.174. The smallest absolute Gasteiger partial charge is 0.223 e. The first-order valence-corrected chi connectivity index (χ1v) is 8.02. The number of hydrogen-bond acceptors (Lipinski definition) is 2. The third kappa shape index (κ3) is 5.94. The van der Waals surface area contributed by atoms with Crippen LogP contribution in [0, 0.1) is 23.7 Å². The first kappa shape index (κ1) is 16.5. The molecular formula is C16H32N2O. The third-order valence-corrected chi connectivity index (χ3v) is 4.48. The van der Waals surface area contributed by atoms with Gasteiger partial charge in [0.05, 0.1) is 0 Å². The van der Waals surface area contributed by atoms with Gasteiger partial charge in [-0.3, -0.25) is 4.79 Å². The summed E-state index contributed by atoms with van der Waals surface area (Å²) < 4.78 is 0. The average Bonchev–Trinajstić information content (AvgIpc) is 2.42. The number of nitrogens with two attached hydrogens (primary N) is 1. The largest absolute Gasteiger partial charge is 0.356 e. The fourth-order valence-corrected chi connectivity index (χ4v) is 2.95. The van der Waals surface area contributed by atoms with E-state index in [-0.39, 0.29) is 11.8 Å². The molecule has 0 aromatic heterocycles. The zero-order valence-corrected chi connectivity index (χ0v) is 13.0. The Morgan fingerprint density at radius 3 is 2.37 bits per heavy atom. The molecule has 1 amide bonds. The van der Waals surface area contributed by atoms with Gasteiger partial charge in [-0.05, 0) is 30.7 Å². The third-order valence-electron chi connectivity index (χ3n) is 4.48. The summed E-state index contributed by atoms with van der Waals surface area (Å²) in [6, 6.07) is 0. The van der Waals surface area contributed by atoms with Gasteiger partial charge < -0.3 is 11.1 Å². The molecule has 0 heterocycles. The summed E-state index contributed by atoms with van der Waals surface area (Å²) in [5.41, 5.74) is 5.59. The van der Waals surface area contributed by atoms with Crippen molar-refractivity contribution in [3.63, 3.8) is 0 Å². The standard InChI is InChI=1S/C16H32N2O/c1-12(2)15(9-14-7-5-4-6-8-14)16(19)18-11-13(3)10-17/h12-15H,4-11,17H2,1-3H3,(H,18,19). The number of carbonyl (C=O) groups is 1. The van der Waals surface area contributed by atoms with Gasteiger partial charge in [0, 0.05) is 12.5 Å². The summed E-state index contributed by atoms with van der Waals surface area (Å²) >= 11 is 0. The van der Waals surface area contributed by atoms with Gasteiger partial charge in [0.1, 0.15) is 0 Å². The molecule has 1 rings (SSSR count). The molecule has 1 fully saturated rings. The summed E-state index contributed by atoms with van der Waals surface area (Å²) in [5, 5.41) is 3.09. The van der Waals surface area contributed by atoms with Gasteiger partial charge in [-0.1, -0.05) is 52.9 Å². The van der Waals surface area contributed by atoms with Crippen LogP contribution in [0.15, 0.2) is 0 Å². The van der Waals surface area contributed by atoms with Crippen LogP contribution in [0.3, 0.4) is 0 Å². The van der Waals surface area contributed by atoms with E-state index >= 15 is 0 Å². The zero-order chi connectivity index (χ0) is 14.3. The molecule has 1 aliphatic rings. The van der Waals surface area contributed by atoms with Gasteiger partial charge in [-0.15, -0.1) is 0 Å². The van der Waals surface area contributed by atoms with Crippen LogP contribution in [0.2, 0.25) is 0 Å². The molecule has 3 nitrogen and oxygen atoms in total. The summed E-state index contributed by atoms with van der Waals surface area (Å²) in [6.07, 6.45) is 7.78. The Labute approximate surface area is 118 Å². The lowest BCUT2D eigenvalue weighted by atomic mass is 9.79. The van der Waals surface area contributed by atoms with Gasteiger partial charge in [0.25, 0.3) is 0 Å². The van der Waals surface area contributed by atoms with E-state index < -0.39 is 0 Å². The second-order valence-electron chi connectivity index (χ2n) is 6.68. The van der Waals surface area contributed by atoms with Crippen molar-refractivity contribution in [3.05, 3.63) is 0 Å². The van der Waals surface area contributed by atoms with Crippen molar-refractivity contribution in [2.75, 3.05) is 13.1 Å². The Hall–Kier alpha value is -0.570. The van der Waals surface area contributed by atoms with Crippen molar-refractivity contribution in [1.82, 2.24) is 5.32 Å². The Balaban J connectivity index is 2.43. The molecule has 0 bridgehead atoms. The topological polar surface area (TPSA) is 55.1 Å². The van der Waals surface area contributed by atoms with Crippen LogP contribution in [0.25, 0.3) is 0 Å². The molecule has 0 radical (unpaired) electrons. The summed E-state index contributed by atoms with van der Waals surface area (Å²) in [4.78, 5) is 12.3. The second kappa shape index (κ2) is 8.57. The van der Waals surface area contributed by atoms with Gasteiger partial charge >= 0.3 is 0 Å². The molecule has 2 unspecified atom stereocenters. The van der Waals surface area contributed by atoms with Crippen LogP contribution >= 0.6 is 0 Å². The molecule has 3 N–H and O–H groups in total. The predicted octanol–water partition coefficient (Wildman–Crippen LogP) is 2.94. The SMILES string of the molecule is CC(CN)CNC(=O)C(CC1CCCCC1)C(C)C. The minimum Gasteiger partial charge on any atom is -0.356 e. The first-order valence-electron chi connectivity index (χ1n) is 8.02. The van der Waals surface area contributed by atoms with Crippen LogP contribution in [0.1, 0.15) is 59.3 Å². The quantitative estimate of drug-likeness (QED) is 0.746. The van der Waals surface area contributed by atoms with Crippen LogP contribution in [0.4, 0.5) is 0 Å². The molecule has 19 heavy (non-hydrogen) atoms. The van der Waals surface area contributed by atoms with Crippen molar-refractivity contribution in [1.29, 1.82) is 0 Å². The van der Waals surface area contributed by atoms with E-state index in [2.05, 4.69) is 26.1 Å².